The Morgan fingerprint density at radius 1 is 0.457 bits per heavy atom. The van der Waals surface area contributed by atoms with Gasteiger partial charge in [-0.15, -0.1) is 0 Å². The normalized spacial score (nSPS) is 20.7. The molecule has 0 N–H and O–H groups in total. The van der Waals surface area contributed by atoms with Gasteiger partial charge in [0.2, 0.25) is 11.8 Å². The number of amidine groups is 2. The third kappa shape index (κ3) is 5.32. The lowest BCUT2D eigenvalue weighted by Crippen LogP contribution is -2.37. The van der Waals surface area contributed by atoms with E-state index in [9.17, 15) is 9.59 Å². The van der Waals surface area contributed by atoms with Crippen molar-refractivity contribution in [3.63, 3.8) is 0 Å². The third-order valence-electron chi connectivity index (χ3n) is 8.76. The second-order valence-electron chi connectivity index (χ2n) is 11.7. The van der Waals surface area contributed by atoms with Gasteiger partial charge >= 0.3 is 0 Å². The number of carbonyl (C=O) groups is 2. The summed E-state index contributed by atoms with van der Waals surface area (Å²) in [5.41, 5.74) is 5.68. The molecule has 0 saturated carbocycles. The van der Waals surface area contributed by atoms with Crippen LogP contribution in [0, 0.1) is 0 Å². The first-order chi connectivity index (χ1) is 22.5. The summed E-state index contributed by atoms with van der Waals surface area (Å²) in [5, 5.41) is 0. The molecule has 4 atom stereocenters. The van der Waals surface area contributed by atoms with Gasteiger partial charge in [0.1, 0.15) is 23.8 Å². The van der Waals surface area contributed by atoms with Crippen LogP contribution >= 0.6 is 0 Å². The van der Waals surface area contributed by atoms with E-state index in [2.05, 4.69) is 48.5 Å². The fourth-order valence-electron chi connectivity index (χ4n) is 6.77. The molecule has 5 aromatic carbocycles. The number of aliphatic imine (C=N–C) groups is 2. The second kappa shape index (κ2) is 12.4. The molecule has 2 heterocycles. The Bertz CT molecular complexity index is 1790. The predicted molar refractivity (Wildman–Crippen MR) is 181 cm³/mol. The summed E-state index contributed by atoms with van der Waals surface area (Å²) in [5.74, 6) is 1.02. The molecular weight excluding hydrogens is 568 g/mol. The lowest BCUT2D eigenvalue weighted by atomic mass is 9.93. The van der Waals surface area contributed by atoms with Crippen LogP contribution in [0.15, 0.2) is 156 Å². The Morgan fingerprint density at radius 2 is 0.783 bits per heavy atom. The van der Waals surface area contributed by atoms with E-state index in [0.717, 1.165) is 33.4 Å². The summed E-state index contributed by atoms with van der Waals surface area (Å²) < 4.78 is 0. The highest BCUT2D eigenvalue weighted by Gasteiger charge is 2.43. The van der Waals surface area contributed by atoms with Gasteiger partial charge in [-0.3, -0.25) is 29.4 Å². The van der Waals surface area contributed by atoms with Gasteiger partial charge in [0.15, 0.2) is 0 Å². The van der Waals surface area contributed by atoms with E-state index in [1.54, 1.807) is 13.8 Å². The van der Waals surface area contributed by atoms with Gasteiger partial charge in [0.25, 0.3) is 0 Å². The van der Waals surface area contributed by atoms with Gasteiger partial charge in [-0.05, 0) is 28.3 Å². The first kappa shape index (κ1) is 29.1. The van der Waals surface area contributed by atoms with Crippen molar-refractivity contribution in [2.75, 3.05) is 0 Å². The fraction of sp³-hybridized carbons (Fsp3) is 0.150. The van der Waals surface area contributed by atoms with Crippen LogP contribution in [0.2, 0.25) is 0 Å². The summed E-state index contributed by atoms with van der Waals surface area (Å²) in [6.45, 7) is 3.19. The Labute approximate surface area is 269 Å². The molecule has 6 heteroatoms. The van der Waals surface area contributed by atoms with Crippen LogP contribution in [0.3, 0.4) is 0 Å². The Balaban J connectivity index is 1.35. The van der Waals surface area contributed by atoms with Crippen molar-refractivity contribution in [3.05, 3.63) is 179 Å². The van der Waals surface area contributed by atoms with Crippen molar-refractivity contribution in [1.82, 2.24) is 9.80 Å². The average Bonchev–Trinajstić information content (AvgIpc) is 3.71. The number of nitrogens with zero attached hydrogens (tertiary/aromatic N) is 4. The van der Waals surface area contributed by atoms with Crippen LogP contribution < -0.4 is 0 Å². The minimum absolute atomic E-state index is 0.0895. The van der Waals surface area contributed by atoms with Crippen molar-refractivity contribution in [2.24, 2.45) is 9.98 Å². The summed E-state index contributed by atoms with van der Waals surface area (Å²) in [6.07, 6.45) is 0. The number of rotatable bonds is 6. The molecule has 0 fully saturated rings. The SMILES string of the molecule is CC(=O)N1C(c2cccc(C3=N[C@@H](c4ccccc4)[C@H](c4ccccc4)N3C(C)=O)c2)=N[C@@H](c2ccccc2)[C@@H]1c1ccccc1. The zero-order chi connectivity index (χ0) is 31.6. The van der Waals surface area contributed by atoms with Crippen molar-refractivity contribution in [2.45, 2.75) is 38.0 Å². The lowest BCUT2D eigenvalue weighted by molar-refractivity contribution is -0.127. The monoisotopic (exact) mass is 602 g/mol. The van der Waals surface area contributed by atoms with Crippen molar-refractivity contribution >= 4 is 23.5 Å². The summed E-state index contributed by atoms with van der Waals surface area (Å²) >= 11 is 0. The van der Waals surface area contributed by atoms with Crippen LogP contribution in [0.5, 0.6) is 0 Å². The van der Waals surface area contributed by atoms with Crippen LogP contribution in [0.1, 0.15) is 71.4 Å². The Kier molecular flexibility index (Phi) is 7.85. The molecule has 226 valence electrons. The quantitative estimate of drug-likeness (QED) is 0.199. The molecule has 46 heavy (non-hydrogen) atoms. The first-order valence-corrected chi connectivity index (χ1v) is 15.6. The van der Waals surface area contributed by atoms with E-state index in [1.807, 2.05) is 107 Å². The van der Waals surface area contributed by atoms with Crippen molar-refractivity contribution < 1.29 is 9.59 Å². The number of hydrogen-bond acceptors (Lipinski definition) is 4. The molecule has 7 rings (SSSR count). The van der Waals surface area contributed by atoms with Crippen LogP contribution in [0.4, 0.5) is 0 Å². The lowest BCUT2D eigenvalue weighted by Gasteiger charge is -2.29. The van der Waals surface area contributed by atoms with Gasteiger partial charge in [0.05, 0.1) is 12.1 Å². The van der Waals surface area contributed by atoms with Gasteiger partial charge in [-0.1, -0.05) is 140 Å². The molecule has 6 nitrogen and oxygen atoms in total. The molecule has 0 aromatic heterocycles. The Morgan fingerprint density at radius 3 is 1.11 bits per heavy atom. The van der Waals surface area contributed by atoms with Crippen molar-refractivity contribution in [1.29, 1.82) is 0 Å². The topological polar surface area (TPSA) is 65.3 Å². The summed E-state index contributed by atoms with van der Waals surface area (Å²) in [7, 11) is 0. The van der Waals surface area contributed by atoms with E-state index < -0.39 is 0 Å². The number of benzene rings is 5. The highest BCUT2D eigenvalue weighted by atomic mass is 16.2. The molecule has 0 radical (unpaired) electrons. The molecule has 2 aliphatic heterocycles. The summed E-state index contributed by atoms with van der Waals surface area (Å²) in [6, 6.07) is 47.1. The van der Waals surface area contributed by atoms with Gasteiger partial charge in [-0.2, -0.15) is 0 Å². The molecule has 0 spiro atoms. The fourth-order valence-corrected chi connectivity index (χ4v) is 6.77. The number of hydrogen-bond donors (Lipinski definition) is 0. The molecule has 0 unspecified atom stereocenters. The van der Waals surface area contributed by atoms with E-state index in [0.29, 0.717) is 11.7 Å². The Hall–Kier alpha value is -5.62. The molecule has 0 bridgehead atoms. The maximum atomic E-state index is 13.4. The first-order valence-electron chi connectivity index (χ1n) is 15.6. The smallest absolute Gasteiger partial charge is 0.225 e. The van der Waals surface area contributed by atoms with Gasteiger partial charge < -0.3 is 0 Å². The molecule has 2 aliphatic rings. The molecule has 0 saturated heterocycles. The maximum absolute atomic E-state index is 13.4. The van der Waals surface area contributed by atoms with Crippen molar-refractivity contribution in [3.8, 4) is 0 Å². The highest BCUT2D eigenvalue weighted by Crippen LogP contribution is 2.45. The minimum Gasteiger partial charge on any atom is -0.287 e. The molecular formula is C40H34N4O2. The van der Waals surface area contributed by atoms with E-state index in [4.69, 9.17) is 9.98 Å². The standard InChI is InChI=1S/C40H34N4O2/c1-27(45)43-37(31-20-11-5-12-21-31)35(29-16-7-3-8-17-29)41-39(43)33-24-15-25-34(26-33)40-42-36(30-18-9-4-10-19-30)38(44(40)28(2)46)32-22-13-6-14-23-32/h3-26,35-38H,1-2H3/t35-,36-,37-,38-/m0/s1. The van der Waals surface area contributed by atoms with E-state index in [-0.39, 0.29) is 36.0 Å². The minimum atomic E-state index is -0.304. The van der Waals surface area contributed by atoms with Crippen LogP contribution in [-0.4, -0.2) is 33.3 Å². The zero-order valence-electron chi connectivity index (χ0n) is 25.8. The van der Waals surface area contributed by atoms with Crippen LogP contribution in [-0.2, 0) is 9.59 Å². The largest absolute Gasteiger partial charge is 0.287 e. The van der Waals surface area contributed by atoms with Gasteiger partial charge in [-0.25, -0.2) is 0 Å². The second-order valence-corrected chi connectivity index (χ2v) is 11.7. The number of carbonyl (C=O) groups excluding carboxylic acids is 2. The summed E-state index contributed by atoms with van der Waals surface area (Å²) in [4.78, 5) is 41.0. The third-order valence-corrected chi connectivity index (χ3v) is 8.76. The predicted octanol–water partition coefficient (Wildman–Crippen LogP) is 7.87. The van der Waals surface area contributed by atoms with Crippen LogP contribution in [0.25, 0.3) is 0 Å². The number of amides is 2. The van der Waals surface area contributed by atoms with Gasteiger partial charge in [0, 0.05) is 25.0 Å². The highest BCUT2D eigenvalue weighted by molar-refractivity contribution is 6.13. The molecule has 5 aromatic rings. The zero-order valence-corrected chi connectivity index (χ0v) is 25.8. The van der Waals surface area contributed by atoms with E-state index >= 15 is 0 Å². The maximum Gasteiger partial charge on any atom is 0.225 e. The van der Waals surface area contributed by atoms with E-state index in [1.165, 1.54) is 0 Å². The molecule has 0 aliphatic carbocycles. The molecule has 2 amide bonds. The average molecular weight is 603 g/mol.